The van der Waals surface area contributed by atoms with Crippen LogP contribution >= 0.6 is 11.3 Å². The van der Waals surface area contributed by atoms with Crippen molar-refractivity contribution in [2.45, 2.75) is 39.7 Å². The molecule has 0 fully saturated rings. The second kappa shape index (κ2) is 4.77. The van der Waals surface area contributed by atoms with Crippen LogP contribution in [0.4, 0.5) is 0 Å². The van der Waals surface area contributed by atoms with Gasteiger partial charge in [-0.25, -0.2) is 0 Å². The van der Waals surface area contributed by atoms with Gasteiger partial charge in [0.2, 0.25) is 0 Å². The Balaban J connectivity index is 2.35. The van der Waals surface area contributed by atoms with Crippen LogP contribution in [0.5, 0.6) is 0 Å². The van der Waals surface area contributed by atoms with Crippen LogP contribution < -0.4 is 0 Å². The van der Waals surface area contributed by atoms with Crippen molar-refractivity contribution in [3.63, 3.8) is 0 Å². The highest BCUT2D eigenvalue weighted by Gasteiger charge is 2.09. The lowest BCUT2D eigenvalue weighted by Crippen LogP contribution is -2.14. The molecule has 1 nitrogen and oxygen atoms in total. The standard InChI is InChI=1S/C11H18OS/c1-8(2)11(12)7-6-10-5-4-9(3)13-10/h4-5,8,11-12H,6-7H2,1-3H3. The molecule has 1 aromatic heterocycles. The molecule has 0 aromatic carbocycles. The summed E-state index contributed by atoms with van der Waals surface area (Å²) in [5.41, 5.74) is 0. The van der Waals surface area contributed by atoms with Crippen molar-refractivity contribution in [2.75, 3.05) is 0 Å². The van der Waals surface area contributed by atoms with E-state index < -0.39 is 0 Å². The highest BCUT2D eigenvalue weighted by molar-refractivity contribution is 7.11. The van der Waals surface area contributed by atoms with Crippen molar-refractivity contribution in [3.8, 4) is 0 Å². The molecule has 0 aliphatic rings. The Labute approximate surface area is 84.4 Å². The first-order valence-corrected chi connectivity index (χ1v) is 5.64. The van der Waals surface area contributed by atoms with Gasteiger partial charge in [0.1, 0.15) is 0 Å². The zero-order valence-corrected chi connectivity index (χ0v) is 9.40. The summed E-state index contributed by atoms with van der Waals surface area (Å²) in [4.78, 5) is 2.74. The fraction of sp³-hybridized carbons (Fsp3) is 0.636. The van der Waals surface area contributed by atoms with E-state index in [1.807, 2.05) is 11.3 Å². The molecule has 13 heavy (non-hydrogen) atoms. The second-order valence-corrected chi connectivity index (χ2v) is 5.23. The molecule has 1 aromatic rings. The number of rotatable bonds is 4. The van der Waals surface area contributed by atoms with Crippen LogP contribution in [0.2, 0.25) is 0 Å². The molecular formula is C11H18OS. The Morgan fingerprint density at radius 1 is 1.38 bits per heavy atom. The summed E-state index contributed by atoms with van der Waals surface area (Å²) in [5, 5.41) is 9.60. The first-order valence-electron chi connectivity index (χ1n) is 4.83. The minimum atomic E-state index is -0.151. The Kier molecular flexibility index (Phi) is 3.94. The number of hydrogen-bond acceptors (Lipinski definition) is 2. The number of hydrogen-bond donors (Lipinski definition) is 1. The summed E-state index contributed by atoms with van der Waals surface area (Å²) in [6.07, 6.45) is 1.75. The van der Waals surface area contributed by atoms with E-state index in [9.17, 15) is 5.11 Å². The second-order valence-electron chi connectivity index (χ2n) is 3.86. The number of thiophene rings is 1. The first kappa shape index (κ1) is 10.7. The Hall–Kier alpha value is -0.340. The van der Waals surface area contributed by atoms with Gasteiger partial charge in [-0.2, -0.15) is 0 Å². The maximum Gasteiger partial charge on any atom is 0.0566 e. The van der Waals surface area contributed by atoms with Gasteiger partial charge in [0.15, 0.2) is 0 Å². The van der Waals surface area contributed by atoms with Crippen molar-refractivity contribution in [1.29, 1.82) is 0 Å². The Morgan fingerprint density at radius 2 is 2.08 bits per heavy atom. The molecule has 1 N–H and O–H groups in total. The largest absolute Gasteiger partial charge is 0.393 e. The van der Waals surface area contributed by atoms with E-state index in [4.69, 9.17) is 0 Å². The molecule has 0 saturated heterocycles. The predicted molar refractivity (Wildman–Crippen MR) is 58.2 cm³/mol. The lowest BCUT2D eigenvalue weighted by Gasteiger charge is -2.12. The van der Waals surface area contributed by atoms with Crippen molar-refractivity contribution in [3.05, 3.63) is 21.9 Å². The van der Waals surface area contributed by atoms with Crippen LogP contribution in [0, 0.1) is 12.8 Å². The maximum absolute atomic E-state index is 9.60. The van der Waals surface area contributed by atoms with Gasteiger partial charge in [0.25, 0.3) is 0 Å². The monoisotopic (exact) mass is 198 g/mol. The lowest BCUT2D eigenvalue weighted by molar-refractivity contribution is 0.117. The van der Waals surface area contributed by atoms with Crippen LogP contribution in [0.3, 0.4) is 0 Å². The minimum Gasteiger partial charge on any atom is -0.393 e. The van der Waals surface area contributed by atoms with E-state index in [1.165, 1.54) is 9.75 Å². The fourth-order valence-corrected chi connectivity index (χ4v) is 2.15. The lowest BCUT2D eigenvalue weighted by atomic mass is 10.0. The summed E-state index contributed by atoms with van der Waals surface area (Å²) in [6, 6.07) is 4.30. The summed E-state index contributed by atoms with van der Waals surface area (Å²) < 4.78 is 0. The van der Waals surface area contributed by atoms with Crippen molar-refractivity contribution in [1.82, 2.24) is 0 Å². The zero-order valence-electron chi connectivity index (χ0n) is 8.58. The van der Waals surface area contributed by atoms with Gasteiger partial charge in [-0.05, 0) is 37.8 Å². The third-order valence-corrected chi connectivity index (χ3v) is 3.31. The zero-order chi connectivity index (χ0) is 9.84. The van der Waals surface area contributed by atoms with E-state index >= 15 is 0 Å². The quantitative estimate of drug-likeness (QED) is 0.788. The molecule has 1 rings (SSSR count). The topological polar surface area (TPSA) is 20.2 Å². The smallest absolute Gasteiger partial charge is 0.0566 e. The van der Waals surface area contributed by atoms with E-state index in [1.54, 1.807) is 0 Å². The molecule has 0 aliphatic heterocycles. The maximum atomic E-state index is 9.60. The predicted octanol–water partition coefficient (Wildman–Crippen LogP) is 3.01. The molecule has 2 heteroatoms. The molecule has 0 spiro atoms. The summed E-state index contributed by atoms with van der Waals surface area (Å²) in [6.45, 7) is 6.24. The number of aryl methyl sites for hydroxylation is 2. The fourth-order valence-electron chi connectivity index (χ4n) is 1.24. The molecule has 0 amide bonds. The third-order valence-electron chi connectivity index (χ3n) is 2.25. The first-order chi connectivity index (χ1) is 6.09. The third kappa shape index (κ3) is 3.49. The molecule has 74 valence electrons. The van der Waals surface area contributed by atoms with Crippen LogP contribution in [0.1, 0.15) is 30.0 Å². The summed E-state index contributed by atoms with van der Waals surface area (Å²) in [7, 11) is 0. The number of aliphatic hydroxyl groups is 1. The van der Waals surface area contributed by atoms with Crippen LogP contribution in [0.25, 0.3) is 0 Å². The Morgan fingerprint density at radius 3 is 2.54 bits per heavy atom. The van der Waals surface area contributed by atoms with Crippen LogP contribution in [-0.2, 0) is 6.42 Å². The molecule has 0 bridgehead atoms. The average molecular weight is 198 g/mol. The Bertz CT molecular complexity index is 252. The van der Waals surface area contributed by atoms with Gasteiger partial charge < -0.3 is 5.11 Å². The normalized spacial score (nSPS) is 13.6. The molecule has 0 aliphatic carbocycles. The van der Waals surface area contributed by atoms with Gasteiger partial charge in [0, 0.05) is 9.75 Å². The SMILES string of the molecule is Cc1ccc(CCC(O)C(C)C)s1. The minimum absolute atomic E-state index is 0.151. The van der Waals surface area contributed by atoms with Gasteiger partial charge in [-0.1, -0.05) is 13.8 Å². The van der Waals surface area contributed by atoms with Crippen molar-refractivity contribution >= 4 is 11.3 Å². The molecule has 1 heterocycles. The highest BCUT2D eigenvalue weighted by atomic mass is 32.1. The summed E-state index contributed by atoms with van der Waals surface area (Å²) in [5.74, 6) is 0.376. The highest BCUT2D eigenvalue weighted by Crippen LogP contribution is 2.18. The van der Waals surface area contributed by atoms with Crippen LogP contribution in [0.15, 0.2) is 12.1 Å². The van der Waals surface area contributed by atoms with Gasteiger partial charge in [-0.3, -0.25) is 0 Å². The molecule has 1 atom stereocenters. The molecule has 0 saturated carbocycles. The van der Waals surface area contributed by atoms with Crippen LogP contribution in [-0.4, -0.2) is 11.2 Å². The van der Waals surface area contributed by atoms with Gasteiger partial charge >= 0.3 is 0 Å². The van der Waals surface area contributed by atoms with Gasteiger partial charge in [0.05, 0.1) is 6.10 Å². The van der Waals surface area contributed by atoms with E-state index in [-0.39, 0.29) is 6.10 Å². The molecular weight excluding hydrogens is 180 g/mol. The van der Waals surface area contributed by atoms with Crippen molar-refractivity contribution < 1.29 is 5.11 Å². The van der Waals surface area contributed by atoms with E-state index in [0.717, 1.165) is 12.8 Å². The van der Waals surface area contributed by atoms with E-state index in [0.29, 0.717) is 5.92 Å². The summed E-state index contributed by atoms with van der Waals surface area (Å²) >= 11 is 1.83. The van der Waals surface area contributed by atoms with Crippen molar-refractivity contribution in [2.24, 2.45) is 5.92 Å². The van der Waals surface area contributed by atoms with Gasteiger partial charge in [-0.15, -0.1) is 11.3 Å². The molecule has 1 unspecified atom stereocenters. The number of aliphatic hydroxyl groups excluding tert-OH is 1. The molecule has 0 radical (unpaired) electrons. The van der Waals surface area contributed by atoms with E-state index in [2.05, 4.69) is 32.9 Å². The average Bonchev–Trinajstić information content (AvgIpc) is 2.47.